The topological polar surface area (TPSA) is 98.8 Å². The molecule has 1 amide bonds. The number of morpholine rings is 1. The Morgan fingerprint density at radius 1 is 1.26 bits per heavy atom. The summed E-state index contributed by atoms with van der Waals surface area (Å²) in [4.78, 5) is 29.8. The molecule has 2 fully saturated rings. The minimum Gasteiger partial charge on any atom is -0.507 e. The fraction of sp³-hybridized carbons (Fsp3) is 0.409. The van der Waals surface area contributed by atoms with E-state index in [4.69, 9.17) is 16.3 Å². The van der Waals surface area contributed by atoms with Gasteiger partial charge in [0.25, 0.3) is 11.7 Å². The molecule has 9 heteroatoms. The minimum absolute atomic E-state index is 0.0573. The van der Waals surface area contributed by atoms with E-state index >= 15 is 0 Å². The van der Waals surface area contributed by atoms with Crippen molar-refractivity contribution >= 4 is 29.1 Å². The average Bonchev–Trinajstić information content (AvgIpc) is 3.23. The lowest BCUT2D eigenvalue weighted by molar-refractivity contribution is -0.140. The van der Waals surface area contributed by atoms with E-state index in [-0.39, 0.29) is 11.3 Å². The van der Waals surface area contributed by atoms with Gasteiger partial charge >= 0.3 is 0 Å². The maximum absolute atomic E-state index is 13.1. The fourth-order valence-electron chi connectivity index (χ4n) is 4.24. The van der Waals surface area contributed by atoms with Crippen LogP contribution in [-0.2, 0) is 14.3 Å². The fourth-order valence-corrected chi connectivity index (χ4v) is 4.44. The van der Waals surface area contributed by atoms with E-state index < -0.39 is 17.7 Å². The van der Waals surface area contributed by atoms with E-state index in [1.165, 1.54) is 4.90 Å². The molecule has 31 heavy (non-hydrogen) atoms. The molecule has 0 unspecified atom stereocenters. The van der Waals surface area contributed by atoms with Gasteiger partial charge in [-0.15, -0.1) is 0 Å². The number of carbonyl (C=O) groups excluding carboxylic acids is 2. The molecule has 1 atom stereocenters. The van der Waals surface area contributed by atoms with E-state index in [1.807, 2.05) is 6.07 Å². The first-order valence-electron chi connectivity index (χ1n) is 10.2. The van der Waals surface area contributed by atoms with Crippen molar-refractivity contribution in [3.05, 3.63) is 57.4 Å². The van der Waals surface area contributed by atoms with Crippen LogP contribution in [0.4, 0.5) is 0 Å². The van der Waals surface area contributed by atoms with Gasteiger partial charge in [0.2, 0.25) is 0 Å². The average molecular weight is 445 g/mol. The second-order valence-corrected chi connectivity index (χ2v) is 8.25. The van der Waals surface area contributed by atoms with Crippen molar-refractivity contribution in [1.82, 2.24) is 20.0 Å². The van der Waals surface area contributed by atoms with Crippen molar-refractivity contribution < 1.29 is 19.4 Å². The zero-order valence-corrected chi connectivity index (χ0v) is 18.3. The van der Waals surface area contributed by atoms with Crippen LogP contribution in [-0.4, -0.2) is 76.2 Å². The first-order chi connectivity index (χ1) is 14.9. The molecule has 2 aliphatic heterocycles. The molecule has 2 saturated heterocycles. The summed E-state index contributed by atoms with van der Waals surface area (Å²) < 4.78 is 5.39. The van der Waals surface area contributed by atoms with Gasteiger partial charge in [0.1, 0.15) is 5.76 Å². The second kappa shape index (κ2) is 8.82. The van der Waals surface area contributed by atoms with Gasteiger partial charge in [-0.2, -0.15) is 5.10 Å². The standard InChI is InChI=1S/C22H25ClN4O4/c1-13-17(14(2)25-24-13)20(28)18-19(15-4-3-5-16(23)12-15)27(22(30)21(18)29)7-6-26-8-10-31-11-9-26/h3-5,12,19,28H,6-11H2,1-2H3,(H,24,25)/b20-18+/t19-/m1/s1. The molecule has 164 valence electrons. The molecule has 0 saturated carbocycles. The summed E-state index contributed by atoms with van der Waals surface area (Å²) in [5, 5.41) is 18.6. The highest BCUT2D eigenvalue weighted by molar-refractivity contribution is 6.46. The van der Waals surface area contributed by atoms with E-state index in [1.54, 1.807) is 32.0 Å². The highest BCUT2D eigenvalue weighted by atomic mass is 35.5. The number of hydrogen-bond donors (Lipinski definition) is 2. The smallest absolute Gasteiger partial charge is 0.295 e. The Kier molecular flexibility index (Phi) is 6.13. The number of halogens is 1. The number of nitrogens with zero attached hydrogens (tertiary/aromatic N) is 3. The van der Waals surface area contributed by atoms with Gasteiger partial charge in [0.15, 0.2) is 0 Å². The SMILES string of the molecule is Cc1n[nH]c(C)c1/C(O)=C1\C(=O)C(=O)N(CCN2CCOCC2)[C@@H]1c1cccc(Cl)c1. The number of nitrogens with one attached hydrogen (secondary N) is 1. The zero-order valence-electron chi connectivity index (χ0n) is 17.5. The highest BCUT2D eigenvalue weighted by Gasteiger charge is 2.46. The molecule has 2 N–H and O–H groups in total. The summed E-state index contributed by atoms with van der Waals surface area (Å²) in [6.45, 7) is 7.31. The van der Waals surface area contributed by atoms with Crippen LogP contribution in [0.25, 0.3) is 5.76 Å². The summed E-state index contributed by atoms with van der Waals surface area (Å²) >= 11 is 6.22. The summed E-state index contributed by atoms with van der Waals surface area (Å²) in [6, 6.07) is 6.31. The van der Waals surface area contributed by atoms with Crippen LogP contribution in [0.2, 0.25) is 5.02 Å². The van der Waals surface area contributed by atoms with Gasteiger partial charge < -0.3 is 14.7 Å². The van der Waals surface area contributed by atoms with Crippen LogP contribution >= 0.6 is 11.6 Å². The summed E-state index contributed by atoms with van der Waals surface area (Å²) in [6.07, 6.45) is 0. The zero-order chi connectivity index (χ0) is 22.1. The largest absolute Gasteiger partial charge is 0.507 e. The van der Waals surface area contributed by atoms with Crippen LogP contribution in [0.15, 0.2) is 29.8 Å². The molecule has 2 aromatic rings. The quantitative estimate of drug-likeness (QED) is 0.417. The third kappa shape index (κ3) is 4.11. The Balaban J connectivity index is 1.77. The number of likely N-dealkylation sites (tertiary alicyclic amines) is 1. The molecule has 1 aromatic heterocycles. The number of aromatic nitrogens is 2. The number of aryl methyl sites for hydroxylation is 2. The number of H-pyrrole nitrogens is 1. The Morgan fingerprint density at radius 2 is 2.00 bits per heavy atom. The predicted octanol–water partition coefficient (Wildman–Crippen LogP) is 2.43. The number of carbonyl (C=O) groups is 2. The minimum atomic E-state index is -0.728. The maximum Gasteiger partial charge on any atom is 0.295 e. The van der Waals surface area contributed by atoms with E-state index in [9.17, 15) is 14.7 Å². The number of amides is 1. The van der Waals surface area contributed by atoms with Gasteiger partial charge in [-0.1, -0.05) is 23.7 Å². The second-order valence-electron chi connectivity index (χ2n) is 7.81. The third-order valence-corrected chi connectivity index (χ3v) is 6.07. The van der Waals surface area contributed by atoms with Gasteiger partial charge in [-0.3, -0.25) is 19.6 Å². The Bertz CT molecular complexity index is 1020. The molecular formula is C22H25ClN4O4. The lowest BCUT2D eigenvalue weighted by Crippen LogP contribution is -2.42. The van der Waals surface area contributed by atoms with Crippen LogP contribution in [0.1, 0.15) is 28.6 Å². The Hall–Kier alpha value is -2.68. The lowest BCUT2D eigenvalue weighted by Gasteiger charge is -2.31. The number of hydrogen-bond acceptors (Lipinski definition) is 6. The molecule has 2 aliphatic rings. The van der Waals surface area contributed by atoms with Crippen molar-refractivity contribution in [3.8, 4) is 0 Å². The van der Waals surface area contributed by atoms with Gasteiger partial charge in [0.05, 0.1) is 36.1 Å². The highest BCUT2D eigenvalue weighted by Crippen LogP contribution is 2.40. The maximum atomic E-state index is 13.1. The molecule has 0 bridgehead atoms. The monoisotopic (exact) mass is 444 g/mol. The molecule has 0 radical (unpaired) electrons. The molecule has 0 aliphatic carbocycles. The Labute approximate surface area is 185 Å². The first-order valence-corrected chi connectivity index (χ1v) is 10.6. The van der Waals surface area contributed by atoms with E-state index in [2.05, 4.69) is 15.1 Å². The van der Waals surface area contributed by atoms with Crippen LogP contribution < -0.4 is 0 Å². The number of aliphatic hydroxyl groups is 1. The van der Waals surface area contributed by atoms with Crippen molar-refractivity contribution in [2.24, 2.45) is 0 Å². The molecule has 4 rings (SSSR count). The number of rotatable bonds is 5. The number of ketones is 1. The van der Waals surface area contributed by atoms with E-state index in [0.29, 0.717) is 53.8 Å². The summed E-state index contributed by atoms with van der Waals surface area (Å²) in [5.74, 6) is -1.55. The van der Waals surface area contributed by atoms with Gasteiger partial charge in [-0.05, 0) is 31.5 Å². The summed E-state index contributed by atoms with van der Waals surface area (Å²) in [7, 11) is 0. The normalized spacial score (nSPS) is 21.8. The number of benzene rings is 1. The molecule has 3 heterocycles. The number of aliphatic hydroxyl groups excluding tert-OH is 1. The molecular weight excluding hydrogens is 420 g/mol. The van der Waals surface area contributed by atoms with Crippen molar-refractivity contribution in [1.29, 1.82) is 0 Å². The third-order valence-electron chi connectivity index (χ3n) is 5.83. The van der Waals surface area contributed by atoms with Crippen LogP contribution in [0, 0.1) is 13.8 Å². The molecule has 0 spiro atoms. The summed E-state index contributed by atoms with van der Waals surface area (Å²) in [5.41, 5.74) is 2.35. The lowest BCUT2D eigenvalue weighted by atomic mass is 9.94. The number of aromatic amines is 1. The van der Waals surface area contributed by atoms with Crippen molar-refractivity contribution in [2.45, 2.75) is 19.9 Å². The van der Waals surface area contributed by atoms with E-state index in [0.717, 1.165) is 13.1 Å². The van der Waals surface area contributed by atoms with Crippen LogP contribution in [0.3, 0.4) is 0 Å². The van der Waals surface area contributed by atoms with Crippen LogP contribution in [0.5, 0.6) is 0 Å². The molecule has 1 aromatic carbocycles. The van der Waals surface area contributed by atoms with Crippen molar-refractivity contribution in [2.75, 3.05) is 39.4 Å². The number of Topliss-reactive ketones (excluding diaryl/α,β-unsaturated/α-hetero) is 1. The predicted molar refractivity (Wildman–Crippen MR) is 116 cm³/mol. The first kappa shape index (κ1) is 21.5. The Morgan fingerprint density at radius 3 is 2.65 bits per heavy atom. The molecule has 8 nitrogen and oxygen atoms in total. The van der Waals surface area contributed by atoms with Gasteiger partial charge in [-0.25, -0.2) is 0 Å². The van der Waals surface area contributed by atoms with Crippen molar-refractivity contribution in [3.63, 3.8) is 0 Å². The number of ether oxygens (including phenoxy) is 1. The van der Waals surface area contributed by atoms with Gasteiger partial charge in [0, 0.05) is 36.9 Å².